The fourth-order valence-corrected chi connectivity index (χ4v) is 1.35. The predicted octanol–water partition coefficient (Wildman–Crippen LogP) is -0.760. The van der Waals surface area contributed by atoms with E-state index >= 15 is 0 Å². The smallest absolute Gasteiger partial charge is 0.159 e. The fraction of sp³-hybridized carbons (Fsp3) is 0.429. The van der Waals surface area contributed by atoms with Crippen LogP contribution in [0.3, 0.4) is 0 Å². The second-order valence-electron chi connectivity index (χ2n) is 2.78. The summed E-state index contributed by atoms with van der Waals surface area (Å²) >= 11 is 0. The van der Waals surface area contributed by atoms with Crippen molar-refractivity contribution in [2.45, 2.75) is 0 Å². The highest BCUT2D eigenvalue weighted by Crippen LogP contribution is 2.31. The molecule has 0 radical (unpaired) electrons. The number of fused-ring (bicyclic) bond motifs is 1. The summed E-state index contributed by atoms with van der Waals surface area (Å²) in [6.07, 6.45) is 1.42. The minimum Gasteiger partial charge on any atom is -0.395 e. The maximum atomic E-state index is 8.78. The Morgan fingerprint density at radius 2 is 2.46 bits per heavy atom. The van der Waals surface area contributed by atoms with Gasteiger partial charge in [-0.2, -0.15) is 0 Å². The molecule has 4 N–H and O–H groups in total. The monoisotopic (exact) mass is 181 g/mol. The Kier molecular flexibility index (Phi) is 1.90. The summed E-state index contributed by atoms with van der Waals surface area (Å²) in [6.45, 7) is 1.28. The van der Waals surface area contributed by atoms with Gasteiger partial charge in [0.2, 0.25) is 0 Å². The second kappa shape index (κ2) is 3.06. The van der Waals surface area contributed by atoms with Gasteiger partial charge in [-0.25, -0.2) is 9.97 Å². The molecule has 1 aliphatic rings. The van der Waals surface area contributed by atoms with Crippen LogP contribution in [0.4, 0.5) is 17.3 Å². The average molecular weight is 181 g/mol. The summed E-state index contributed by atoms with van der Waals surface area (Å²) in [6, 6.07) is 0. The lowest BCUT2D eigenvalue weighted by Gasteiger charge is -2.14. The Bertz CT molecular complexity index is 316. The van der Waals surface area contributed by atoms with E-state index in [1.54, 1.807) is 0 Å². The van der Waals surface area contributed by atoms with E-state index in [1.165, 1.54) is 6.33 Å². The Morgan fingerprint density at radius 1 is 1.62 bits per heavy atom. The molecule has 0 saturated heterocycles. The molecule has 0 unspecified atom stereocenters. The number of nitrogens with zero attached hydrogens (tertiary/aromatic N) is 3. The lowest BCUT2D eigenvalue weighted by Crippen LogP contribution is -2.26. The fourth-order valence-electron chi connectivity index (χ4n) is 1.35. The van der Waals surface area contributed by atoms with Crippen molar-refractivity contribution < 1.29 is 5.11 Å². The lowest BCUT2D eigenvalue weighted by molar-refractivity contribution is 0.303. The number of β-amino-alcohol motifs (C(OH)–C–C–N with tert-alkyl or cyclic N) is 1. The summed E-state index contributed by atoms with van der Waals surface area (Å²) in [4.78, 5) is 9.85. The van der Waals surface area contributed by atoms with Gasteiger partial charge >= 0.3 is 0 Å². The number of aromatic nitrogens is 2. The van der Waals surface area contributed by atoms with Gasteiger partial charge in [-0.3, -0.25) is 0 Å². The first kappa shape index (κ1) is 8.06. The van der Waals surface area contributed by atoms with Gasteiger partial charge in [0.1, 0.15) is 12.0 Å². The van der Waals surface area contributed by atoms with Gasteiger partial charge in [-0.1, -0.05) is 0 Å². The summed E-state index contributed by atoms with van der Waals surface area (Å²) in [5, 5.41) is 11.8. The standard InChI is InChI=1S/C7H11N5O/c8-6-5-7(10-3-9-6)12(1-2-13)4-11-5/h3,11,13H,1-2,4H2,(H2,8,9,10). The molecule has 0 fully saturated rings. The minimum atomic E-state index is 0.102. The molecule has 70 valence electrons. The highest BCUT2D eigenvalue weighted by Gasteiger charge is 2.21. The number of hydrogen-bond donors (Lipinski definition) is 3. The second-order valence-corrected chi connectivity index (χ2v) is 2.78. The van der Waals surface area contributed by atoms with E-state index in [4.69, 9.17) is 10.8 Å². The van der Waals surface area contributed by atoms with Crippen LogP contribution in [-0.2, 0) is 0 Å². The molecular formula is C7H11N5O. The first-order valence-corrected chi connectivity index (χ1v) is 4.03. The van der Waals surface area contributed by atoms with E-state index in [1.807, 2.05) is 4.90 Å². The van der Waals surface area contributed by atoms with Crippen LogP contribution in [0.1, 0.15) is 0 Å². The molecule has 0 aliphatic carbocycles. The third kappa shape index (κ3) is 1.25. The molecule has 13 heavy (non-hydrogen) atoms. The normalized spacial score (nSPS) is 14.1. The van der Waals surface area contributed by atoms with Crippen LogP contribution in [0.2, 0.25) is 0 Å². The molecule has 1 aromatic heterocycles. The minimum absolute atomic E-state index is 0.102. The average Bonchev–Trinajstić information content (AvgIpc) is 2.51. The molecule has 2 heterocycles. The molecular weight excluding hydrogens is 170 g/mol. The third-order valence-corrected chi connectivity index (χ3v) is 1.97. The Morgan fingerprint density at radius 3 is 3.23 bits per heavy atom. The molecule has 0 saturated carbocycles. The zero-order valence-corrected chi connectivity index (χ0v) is 7.06. The number of nitrogens with one attached hydrogen (secondary N) is 1. The molecule has 0 atom stereocenters. The predicted molar refractivity (Wildman–Crippen MR) is 49.4 cm³/mol. The molecule has 1 aliphatic heterocycles. The van der Waals surface area contributed by atoms with Gasteiger partial charge in [0.05, 0.1) is 13.3 Å². The zero-order valence-electron chi connectivity index (χ0n) is 7.06. The van der Waals surface area contributed by atoms with Crippen LogP contribution in [0, 0.1) is 0 Å². The number of nitrogen functional groups attached to an aromatic ring is 1. The van der Waals surface area contributed by atoms with Crippen molar-refractivity contribution in [2.75, 3.05) is 35.8 Å². The van der Waals surface area contributed by atoms with Gasteiger partial charge < -0.3 is 21.1 Å². The highest BCUT2D eigenvalue weighted by atomic mass is 16.3. The van der Waals surface area contributed by atoms with Crippen LogP contribution in [0.25, 0.3) is 0 Å². The number of anilines is 3. The quantitative estimate of drug-likeness (QED) is 0.556. The summed E-state index contributed by atoms with van der Waals surface area (Å²) in [5.41, 5.74) is 6.39. The van der Waals surface area contributed by atoms with E-state index in [-0.39, 0.29) is 6.61 Å². The first-order chi connectivity index (χ1) is 6.33. The van der Waals surface area contributed by atoms with E-state index in [2.05, 4.69) is 15.3 Å². The van der Waals surface area contributed by atoms with E-state index < -0.39 is 0 Å². The first-order valence-electron chi connectivity index (χ1n) is 4.03. The largest absolute Gasteiger partial charge is 0.395 e. The van der Waals surface area contributed by atoms with Crippen molar-refractivity contribution in [3.63, 3.8) is 0 Å². The molecule has 6 nitrogen and oxygen atoms in total. The van der Waals surface area contributed by atoms with Crippen LogP contribution < -0.4 is 16.0 Å². The van der Waals surface area contributed by atoms with Crippen LogP contribution in [-0.4, -0.2) is 34.9 Å². The summed E-state index contributed by atoms with van der Waals surface area (Å²) in [5.74, 6) is 1.21. The van der Waals surface area contributed by atoms with Crippen LogP contribution >= 0.6 is 0 Å². The topological polar surface area (TPSA) is 87.3 Å². The summed E-state index contributed by atoms with van der Waals surface area (Å²) < 4.78 is 0. The van der Waals surface area contributed by atoms with E-state index in [0.29, 0.717) is 19.0 Å². The van der Waals surface area contributed by atoms with Crippen molar-refractivity contribution >= 4 is 17.3 Å². The van der Waals surface area contributed by atoms with Gasteiger partial charge in [-0.15, -0.1) is 0 Å². The van der Waals surface area contributed by atoms with Gasteiger partial charge in [0, 0.05) is 6.54 Å². The molecule has 0 spiro atoms. The third-order valence-electron chi connectivity index (χ3n) is 1.97. The van der Waals surface area contributed by atoms with Crippen molar-refractivity contribution in [1.82, 2.24) is 9.97 Å². The van der Waals surface area contributed by atoms with Crippen molar-refractivity contribution in [2.24, 2.45) is 0 Å². The van der Waals surface area contributed by atoms with Gasteiger partial charge in [0.25, 0.3) is 0 Å². The van der Waals surface area contributed by atoms with E-state index in [9.17, 15) is 0 Å². The molecule has 0 amide bonds. The van der Waals surface area contributed by atoms with Crippen LogP contribution in [0.5, 0.6) is 0 Å². The number of rotatable bonds is 2. The maximum Gasteiger partial charge on any atom is 0.159 e. The highest BCUT2D eigenvalue weighted by molar-refractivity contribution is 5.79. The number of hydrogen-bond acceptors (Lipinski definition) is 6. The lowest BCUT2D eigenvalue weighted by atomic mass is 10.4. The van der Waals surface area contributed by atoms with Gasteiger partial charge in [0.15, 0.2) is 11.6 Å². The van der Waals surface area contributed by atoms with Crippen LogP contribution in [0.15, 0.2) is 6.33 Å². The molecule has 1 aromatic rings. The Hall–Kier alpha value is -1.56. The Labute approximate surface area is 75.4 Å². The number of nitrogens with two attached hydrogens (primary N) is 1. The molecule has 6 heteroatoms. The van der Waals surface area contributed by atoms with E-state index in [0.717, 1.165) is 11.5 Å². The van der Waals surface area contributed by atoms with Crippen molar-refractivity contribution in [3.8, 4) is 0 Å². The van der Waals surface area contributed by atoms with Gasteiger partial charge in [-0.05, 0) is 0 Å². The Balaban J connectivity index is 2.32. The molecule has 2 rings (SSSR count). The molecule has 0 bridgehead atoms. The SMILES string of the molecule is Nc1ncnc2c1NCN2CCO. The maximum absolute atomic E-state index is 8.78. The van der Waals surface area contributed by atoms with Crippen molar-refractivity contribution in [1.29, 1.82) is 0 Å². The molecule has 0 aromatic carbocycles. The number of aliphatic hydroxyl groups is 1. The number of aliphatic hydroxyl groups excluding tert-OH is 1. The van der Waals surface area contributed by atoms with Crippen molar-refractivity contribution in [3.05, 3.63) is 6.33 Å². The summed E-state index contributed by atoms with van der Waals surface area (Å²) in [7, 11) is 0. The zero-order chi connectivity index (χ0) is 9.26.